The summed E-state index contributed by atoms with van der Waals surface area (Å²) in [6, 6.07) is 54.2. The second-order valence-corrected chi connectivity index (χ2v) is 17.0. The van der Waals surface area contributed by atoms with Crippen molar-refractivity contribution in [2.75, 3.05) is 0 Å². The van der Waals surface area contributed by atoms with Crippen molar-refractivity contribution in [3.8, 4) is 27.9 Å². The Hall–Kier alpha value is -7.10. The van der Waals surface area contributed by atoms with Crippen molar-refractivity contribution in [2.45, 2.75) is 38.5 Å². The topological polar surface area (TPSA) is 30.7 Å². The van der Waals surface area contributed by atoms with Crippen molar-refractivity contribution < 1.29 is 0 Å². The lowest BCUT2D eigenvalue weighted by atomic mass is 9.79. The summed E-state index contributed by atoms with van der Waals surface area (Å²) < 4.78 is 2.43. The minimum absolute atomic E-state index is 0.143. The monoisotopic (exact) mass is 755 g/mol. The van der Waals surface area contributed by atoms with Crippen LogP contribution in [0, 0.1) is 6.92 Å². The molecule has 8 aromatic carbocycles. The van der Waals surface area contributed by atoms with Crippen LogP contribution in [0.5, 0.6) is 0 Å². The highest BCUT2D eigenvalue weighted by Gasteiger charge is 2.36. The van der Waals surface area contributed by atoms with Gasteiger partial charge in [0.05, 0.1) is 22.1 Å². The number of para-hydroxylation sites is 2. The molecule has 0 bridgehead atoms. The standard InChI is InChI=1S/C56H41N3/c1-34-28-40(33-52-53(34)47-18-9-10-19-51(47)59(52)41-14-5-4-6-15-41)36-13-11-12-35(29-36)38-20-23-43-44-24-21-39(32-50(44)56(2,3)49(43)31-38)37-22-25-46-48(30-37)42-16-7-8-17-45(42)54-55(46)58-27-26-57-54/h4-28,30-33,35H,29H2,1-3H3. The third-order valence-corrected chi connectivity index (χ3v) is 13.3. The van der Waals surface area contributed by atoms with Gasteiger partial charge < -0.3 is 4.57 Å². The number of aryl methyl sites for hydroxylation is 1. The molecule has 0 saturated heterocycles. The molecular weight excluding hydrogens is 715 g/mol. The van der Waals surface area contributed by atoms with Gasteiger partial charge in [0.15, 0.2) is 0 Å². The van der Waals surface area contributed by atoms with E-state index in [0.717, 1.165) is 28.2 Å². The van der Waals surface area contributed by atoms with Gasteiger partial charge in [0.2, 0.25) is 0 Å². The van der Waals surface area contributed by atoms with Gasteiger partial charge in [-0.2, -0.15) is 0 Å². The van der Waals surface area contributed by atoms with E-state index in [-0.39, 0.29) is 5.41 Å². The molecule has 10 aromatic rings. The lowest BCUT2D eigenvalue weighted by Crippen LogP contribution is -2.15. The third kappa shape index (κ3) is 5.07. The average molecular weight is 756 g/mol. The van der Waals surface area contributed by atoms with Crippen molar-refractivity contribution in [3.63, 3.8) is 0 Å². The Morgan fingerprint density at radius 3 is 2.03 bits per heavy atom. The SMILES string of the molecule is Cc1cc(C2=CC=CC(c3ccc4c(c3)C(C)(C)c3cc(-c5ccc6c(c5)c5ccccc5c5nccnc65)ccc3-4)C2)cc2c1c1ccccc1n2-c1ccccc1. The molecule has 3 nitrogen and oxygen atoms in total. The van der Waals surface area contributed by atoms with Gasteiger partial charge in [-0.05, 0) is 116 Å². The zero-order valence-electron chi connectivity index (χ0n) is 33.4. The summed E-state index contributed by atoms with van der Waals surface area (Å²) >= 11 is 0. The maximum Gasteiger partial charge on any atom is 0.0971 e. The first-order valence-electron chi connectivity index (χ1n) is 20.7. The van der Waals surface area contributed by atoms with Gasteiger partial charge in [-0.15, -0.1) is 0 Å². The predicted octanol–water partition coefficient (Wildman–Crippen LogP) is 14.4. The maximum absolute atomic E-state index is 4.78. The van der Waals surface area contributed by atoms with Crippen LogP contribution in [0.1, 0.15) is 54.0 Å². The molecule has 2 aliphatic rings. The third-order valence-electron chi connectivity index (χ3n) is 13.3. The number of allylic oxidation sites excluding steroid dienone is 4. The molecule has 0 radical (unpaired) electrons. The first-order valence-corrected chi connectivity index (χ1v) is 20.7. The van der Waals surface area contributed by atoms with Gasteiger partial charge in [-0.3, -0.25) is 9.97 Å². The highest BCUT2D eigenvalue weighted by Crippen LogP contribution is 2.51. The fourth-order valence-corrected chi connectivity index (χ4v) is 10.4. The molecule has 2 aliphatic carbocycles. The minimum Gasteiger partial charge on any atom is -0.309 e. The largest absolute Gasteiger partial charge is 0.309 e. The molecular formula is C56H41N3. The number of nitrogens with zero attached hydrogens (tertiary/aromatic N) is 3. The molecule has 0 spiro atoms. The van der Waals surface area contributed by atoms with Crippen molar-refractivity contribution >= 4 is 60.0 Å². The molecule has 2 aromatic heterocycles. The molecule has 1 unspecified atom stereocenters. The highest BCUT2D eigenvalue weighted by molar-refractivity contribution is 6.23. The van der Waals surface area contributed by atoms with E-state index in [4.69, 9.17) is 9.97 Å². The van der Waals surface area contributed by atoms with Crippen LogP contribution in [-0.2, 0) is 5.41 Å². The summed E-state index contributed by atoms with van der Waals surface area (Å²) in [5, 5.41) is 7.33. The van der Waals surface area contributed by atoms with Gasteiger partial charge in [0.1, 0.15) is 0 Å². The number of aromatic nitrogens is 3. The van der Waals surface area contributed by atoms with E-state index in [2.05, 4.69) is 189 Å². The van der Waals surface area contributed by atoms with Crippen molar-refractivity contribution in [3.05, 3.63) is 204 Å². The molecule has 12 rings (SSSR count). The van der Waals surface area contributed by atoms with Crippen LogP contribution < -0.4 is 0 Å². The molecule has 0 fully saturated rings. The van der Waals surface area contributed by atoms with Gasteiger partial charge in [0, 0.05) is 51.0 Å². The van der Waals surface area contributed by atoms with Gasteiger partial charge in [-0.25, -0.2) is 0 Å². The molecule has 0 saturated carbocycles. The second kappa shape index (κ2) is 12.7. The molecule has 0 amide bonds. The summed E-state index contributed by atoms with van der Waals surface area (Å²) in [5.41, 5.74) is 18.7. The molecule has 3 heteroatoms. The molecule has 2 heterocycles. The molecule has 0 aliphatic heterocycles. The van der Waals surface area contributed by atoms with Crippen LogP contribution in [0.15, 0.2) is 176 Å². The van der Waals surface area contributed by atoms with Crippen LogP contribution in [0.25, 0.3) is 87.9 Å². The van der Waals surface area contributed by atoms with Crippen LogP contribution in [0.4, 0.5) is 0 Å². The number of hydrogen-bond donors (Lipinski definition) is 0. The second-order valence-electron chi connectivity index (χ2n) is 17.0. The fourth-order valence-electron chi connectivity index (χ4n) is 10.4. The van der Waals surface area contributed by atoms with E-state index in [0.29, 0.717) is 5.92 Å². The van der Waals surface area contributed by atoms with E-state index in [1.807, 2.05) is 0 Å². The van der Waals surface area contributed by atoms with Crippen LogP contribution >= 0.6 is 0 Å². The minimum atomic E-state index is -0.143. The van der Waals surface area contributed by atoms with Gasteiger partial charge in [-0.1, -0.05) is 141 Å². The fraction of sp³-hybridized carbons (Fsp3) is 0.107. The Kier molecular flexibility index (Phi) is 7.32. The van der Waals surface area contributed by atoms with Crippen molar-refractivity contribution in [1.29, 1.82) is 0 Å². The predicted molar refractivity (Wildman–Crippen MR) is 248 cm³/mol. The van der Waals surface area contributed by atoms with Gasteiger partial charge >= 0.3 is 0 Å². The van der Waals surface area contributed by atoms with E-state index in [1.165, 1.54) is 93.9 Å². The Bertz CT molecular complexity index is 3420. The first kappa shape index (κ1) is 34.0. The van der Waals surface area contributed by atoms with Crippen molar-refractivity contribution in [2.24, 2.45) is 0 Å². The zero-order valence-corrected chi connectivity index (χ0v) is 33.4. The number of hydrogen-bond acceptors (Lipinski definition) is 2. The van der Waals surface area contributed by atoms with Crippen LogP contribution in [0.2, 0.25) is 0 Å². The Balaban J connectivity index is 0.887. The Labute approximate surface area is 343 Å². The molecule has 280 valence electrons. The maximum atomic E-state index is 4.78. The summed E-state index contributed by atoms with van der Waals surface area (Å²) in [6.07, 6.45) is 11.5. The van der Waals surface area contributed by atoms with Crippen LogP contribution in [0.3, 0.4) is 0 Å². The summed E-state index contributed by atoms with van der Waals surface area (Å²) in [6.45, 7) is 7.07. The van der Waals surface area contributed by atoms with E-state index < -0.39 is 0 Å². The number of rotatable bonds is 4. The van der Waals surface area contributed by atoms with Crippen LogP contribution in [-0.4, -0.2) is 14.5 Å². The highest BCUT2D eigenvalue weighted by atomic mass is 15.0. The first-order chi connectivity index (χ1) is 28.9. The Morgan fingerprint density at radius 1 is 0.559 bits per heavy atom. The Morgan fingerprint density at radius 2 is 1.22 bits per heavy atom. The summed E-state index contributed by atoms with van der Waals surface area (Å²) in [5.74, 6) is 0.291. The van der Waals surface area contributed by atoms with Gasteiger partial charge in [0.25, 0.3) is 0 Å². The molecule has 0 N–H and O–H groups in total. The van der Waals surface area contributed by atoms with E-state index in [1.54, 1.807) is 12.4 Å². The van der Waals surface area contributed by atoms with E-state index >= 15 is 0 Å². The number of benzene rings is 8. The quantitative estimate of drug-likeness (QED) is 0.168. The van der Waals surface area contributed by atoms with Crippen molar-refractivity contribution in [1.82, 2.24) is 14.5 Å². The molecule has 1 atom stereocenters. The normalized spacial score (nSPS) is 15.6. The average Bonchev–Trinajstić information content (AvgIpc) is 3.74. The number of fused-ring (bicyclic) bond motifs is 12. The lowest BCUT2D eigenvalue weighted by molar-refractivity contribution is 0.658. The molecule has 59 heavy (non-hydrogen) atoms. The summed E-state index contributed by atoms with van der Waals surface area (Å²) in [7, 11) is 0. The summed E-state index contributed by atoms with van der Waals surface area (Å²) in [4.78, 5) is 9.51. The van der Waals surface area contributed by atoms with E-state index in [9.17, 15) is 0 Å². The lowest BCUT2D eigenvalue weighted by Gasteiger charge is -2.25. The smallest absolute Gasteiger partial charge is 0.0971 e. The zero-order chi connectivity index (χ0) is 39.4.